The number of H-pyrrole nitrogens is 1. The Morgan fingerprint density at radius 1 is 0.882 bits per heavy atom. The number of aromatic nitrogens is 3. The summed E-state index contributed by atoms with van der Waals surface area (Å²) in [5.41, 5.74) is 4.37. The number of hydrogen-bond acceptors (Lipinski definition) is 4. The van der Waals surface area contributed by atoms with E-state index in [0.717, 1.165) is 37.9 Å². The van der Waals surface area contributed by atoms with Gasteiger partial charge in [0.15, 0.2) is 0 Å². The van der Waals surface area contributed by atoms with Gasteiger partial charge in [-0.15, -0.1) is 0 Å². The molecule has 0 saturated carbocycles. The molecule has 6 heteroatoms. The summed E-state index contributed by atoms with van der Waals surface area (Å²) in [4.78, 5) is 23.4. The van der Waals surface area contributed by atoms with Crippen LogP contribution in [0.5, 0.6) is 0 Å². The first-order valence-electron chi connectivity index (χ1n) is 11.0. The lowest BCUT2D eigenvalue weighted by Gasteiger charge is -2.05. The highest BCUT2D eigenvalue weighted by atomic mass is 32.1. The molecule has 0 unspecified atom stereocenters. The molecule has 6 rings (SSSR count). The Labute approximate surface area is 199 Å². The summed E-state index contributed by atoms with van der Waals surface area (Å²) in [5, 5.41) is 6.08. The number of aliphatic imine (C=N–C) groups is 1. The molecule has 0 saturated heterocycles. The standard InChI is InChI=1S/C28H20N4OS/c1-18(29-22-16-9-13-19-10-5-6-14-21(19)22)25-26(20-11-3-2-4-12-20)31-32(27(25)33)28-30-23-15-7-8-17-24(23)34-28/h2-17,31H,1H3. The SMILES string of the molecule is CC(=Nc1cccc2ccccc12)c1c(-c2ccccc2)[nH]n(-c2nc3ccccc3s2)c1=O. The molecule has 2 aromatic heterocycles. The molecule has 4 aromatic carbocycles. The minimum Gasteiger partial charge on any atom is -0.288 e. The Morgan fingerprint density at radius 2 is 1.62 bits per heavy atom. The van der Waals surface area contributed by atoms with E-state index >= 15 is 0 Å². The van der Waals surface area contributed by atoms with E-state index in [1.807, 2.05) is 85.8 Å². The molecule has 0 aliphatic rings. The Kier molecular flexibility index (Phi) is 4.93. The van der Waals surface area contributed by atoms with Gasteiger partial charge in [-0.3, -0.25) is 14.9 Å². The van der Waals surface area contributed by atoms with Crippen molar-refractivity contribution >= 4 is 43.7 Å². The Bertz CT molecular complexity index is 1700. The quantitative estimate of drug-likeness (QED) is 0.296. The molecule has 1 N–H and O–H groups in total. The second-order valence-corrected chi connectivity index (χ2v) is 9.04. The summed E-state index contributed by atoms with van der Waals surface area (Å²) in [6, 6.07) is 31.9. The number of thiazole rings is 1. The van der Waals surface area contributed by atoms with Crippen LogP contribution in [0.4, 0.5) is 5.69 Å². The summed E-state index contributed by atoms with van der Waals surface area (Å²) in [5.74, 6) is 0. The van der Waals surface area contributed by atoms with Crippen molar-refractivity contribution < 1.29 is 0 Å². The number of nitrogens with one attached hydrogen (secondary N) is 1. The van der Waals surface area contributed by atoms with Gasteiger partial charge in [-0.1, -0.05) is 90.2 Å². The Morgan fingerprint density at radius 3 is 2.47 bits per heavy atom. The van der Waals surface area contributed by atoms with Gasteiger partial charge in [0.2, 0.25) is 5.13 Å². The third-order valence-corrected chi connectivity index (χ3v) is 6.87. The molecule has 5 nitrogen and oxygen atoms in total. The van der Waals surface area contributed by atoms with Crippen LogP contribution in [0.2, 0.25) is 0 Å². The predicted molar refractivity (Wildman–Crippen MR) is 141 cm³/mol. The van der Waals surface area contributed by atoms with Gasteiger partial charge in [0.05, 0.1) is 32.9 Å². The van der Waals surface area contributed by atoms with Crippen LogP contribution in [0.3, 0.4) is 0 Å². The summed E-state index contributed by atoms with van der Waals surface area (Å²) in [7, 11) is 0. The molecule has 0 fully saturated rings. The lowest BCUT2D eigenvalue weighted by molar-refractivity contribution is 0.845. The van der Waals surface area contributed by atoms with Crippen LogP contribution >= 0.6 is 11.3 Å². The summed E-state index contributed by atoms with van der Waals surface area (Å²) in [6.45, 7) is 1.89. The van der Waals surface area contributed by atoms with Crippen molar-refractivity contribution in [2.75, 3.05) is 0 Å². The van der Waals surface area contributed by atoms with Gasteiger partial charge < -0.3 is 0 Å². The zero-order valence-corrected chi connectivity index (χ0v) is 19.2. The van der Waals surface area contributed by atoms with Gasteiger partial charge in [-0.05, 0) is 30.5 Å². The van der Waals surface area contributed by atoms with E-state index in [0.29, 0.717) is 16.4 Å². The molecule has 0 radical (unpaired) electrons. The van der Waals surface area contributed by atoms with Crippen molar-refractivity contribution in [1.82, 2.24) is 14.8 Å². The van der Waals surface area contributed by atoms with Gasteiger partial charge in [-0.2, -0.15) is 4.68 Å². The van der Waals surface area contributed by atoms with E-state index < -0.39 is 0 Å². The molecule has 0 amide bonds. The summed E-state index contributed by atoms with van der Waals surface area (Å²) < 4.78 is 2.56. The molecular formula is C28H20N4OS. The van der Waals surface area contributed by atoms with Crippen LogP contribution in [0, 0.1) is 0 Å². The van der Waals surface area contributed by atoms with Crippen LogP contribution in [-0.4, -0.2) is 20.5 Å². The first-order valence-corrected chi connectivity index (χ1v) is 11.8. The maximum absolute atomic E-state index is 13.8. The number of rotatable bonds is 4. The van der Waals surface area contributed by atoms with E-state index in [1.54, 1.807) is 0 Å². The van der Waals surface area contributed by atoms with Crippen LogP contribution in [0.15, 0.2) is 107 Å². The Hall–Kier alpha value is -4.29. The lowest BCUT2D eigenvalue weighted by atomic mass is 10.0. The van der Waals surface area contributed by atoms with Crippen LogP contribution in [0.25, 0.3) is 37.4 Å². The molecule has 34 heavy (non-hydrogen) atoms. The van der Waals surface area contributed by atoms with Crippen LogP contribution in [0.1, 0.15) is 12.5 Å². The van der Waals surface area contributed by atoms with Gasteiger partial charge in [0, 0.05) is 10.9 Å². The fourth-order valence-electron chi connectivity index (χ4n) is 4.22. The summed E-state index contributed by atoms with van der Waals surface area (Å²) >= 11 is 1.48. The van der Waals surface area contributed by atoms with Crippen molar-refractivity contribution in [2.24, 2.45) is 4.99 Å². The number of hydrogen-bond donors (Lipinski definition) is 1. The number of aromatic amines is 1. The summed E-state index contributed by atoms with van der Waals surface area (Å²) in [6.07, 6.45) is 0. The van der Waals surface area contributed by atoms with Gasteiger partial charge in [0.25, 0.3) is 5.56 Å². The van der Waals surface area contributed by atoms with Crippen LogP contribution in [-0.2, 0) is 0 Å². The third-order valence-electron chi connectivity index (χ3n) is 5.84. The first-order chi connectivity index (χ1) is 16.7. The molecular weight excluding hydrogens is 440 g/mol. The van der Waals surface area contributed by atoms with Gasteiger partial charge >= 0.3 is 0 Å². The Balaban J connectivity index is 1.57. The molecule has 0 aliphatic carbocycles. The first kappa shape index (κ1) is 20.3. The normalized spacial score (nSPS) is 12.0. The molecule has 0 spiro atoms. The molecule has 0 bridgehead atoms. The largest absolute Gasteiger partial charge is 0.288 e. The second kappa shape index (κ2) is 8.24. The maximum atomic E-state index is 13.8. The fourth-order valence-corrected chi connectivity index (χ4v) is 5.14. The molecule has 2 heterocycles. The van der Waals surface area contributed by atoms with Crippen molar-refractivity contribution in [2.45, 2.75) is 6.92 Å². The van der Waals surface area contributed by atoms with Crippen molar-refractivity contribution in [3.8, 4) is 16.4 Å². The van der Waals surface area contributed by atoms with Gasteiger partial charge in [-0.25, -0.2) is 4.98 Å². The highest BCUT2D eigenvalue weighted by molar-refractivity contribution is 7.20. The van der Waals surface area contributed by atoms with E-state index in [2.05, 4.69) is 28.3 Å². The van der Waals surface area contributed by atoms with Crippen LogP contribution < -0.4 is 5.56 Å². The third kappa shape index (κ3) is 3.45. The molecule has 0 aliphatic heterocycles. The van der Waals surface area contributed by atoms with Crippen molar-refractivity contribution in [3.05, 3.63) is 113 Å². The minimum atomic E-state index is -0.167. The topological polar surface area (TPSA) is 63.0 Å². The second-order valence-electron chi connectivity index (χ2n) is 8.03. The van der Waals surface area contributed by atoms with Gasteiger partial charge in [0.1, 0.15) is 0 Å². The molecule has 0 atom stereocenters. The van der Waals surface area contributed by atoms with Crippen molar-refractivity contribution in [3.63, 3.8) is 0 Å². The van der Waals surface area contributed by atoms with E-state index in [-0.39, 0.29) is 5.56 Å². The molecule has 6 aromatic rings. The highest BCUT2D eigenvalue weighted by Gasteiger charge is 2.21. The fraction of sp³-hybridized carbons (Fsp3) is 0.0357. The van der Waals surface area contributed by atoms with E-state index in [9.17, 15) is 4.79 Å². The average Bonchev–Trinajstić information content (AvgIpc) is 3.45. The number of fused-ring (bicyclic) bond motifs is 2. The molecule has 164 valence electrons. The number of para-hydroxylation sites is 1. The lowest BCUT2D eigenvalue weighted by Crippen LogP contribution is -2.19. The van der Waals surface area contributed by atoms with Crippen molar-refractivity contribution in [1.29, 1.82) is 0 Å². The highest BCUT2D eigenvalue weighted by Crippen LogP contribution is 2.29. The maximum Gasteiger partial charge on any atom is 0.283 e. The van der Waals surface area contributed by atoms with E-state index in [1.165, 1.54) is 16.0 Å². The predicted octanol–water partition coefficient (Wildman–Crippen LogP) is 6.74. The number of nitrogens with zero attached hydrogens (tertiary/aromatic N) is 3. The number of benzene rings is 4. The zero-order chi connectivity index (χ0) is 23.1. The smallest absolute Gasteiger partial charge is 0.283 e. The minimum absolute atomic E-state index is 0.167. The van der Waals surface area contributed by atoms with E-state index in [4.69, 9.17) is 4.99 Å². The average molecular weight is 461 g/mol. The monoisotopic (exact) mass is 460 g/mol. The zero-order valence-electron chi connectivity index (χ0n) is 18.4.